The normalized spacial score (nSPS) is 24.4. The molecule has 0 radical (unpaired) electrons. The van der Waals surface area contributed by atoms with Crippen LogP contribution in [0.1, 0.15) is 75.0 Å². The lowest BCUT2D eigenvalue weighted by molar-refractivity contribution is -0.131. The van der Waals surface area contributed by atoms with Crippen molar-refractivity contribution in [3.8, 4) is 6.07 Å². The maximum Gasteiger partial charge on any atom is 0.253 e. The van der Waals surface area contributed by atoms with Crippen molar-refractivity contribution < 1.29 is 14.4 Å². The number of hydrogen-bond acceptors (Lipinski definition) is 10. The first kappa shape index (κ1) is 35.3. The van der Waals surface area contributed by atoms with Crippen molar-refractivity contribution in [1.82, 2.24) is 50.4 Å². The Hall–Kier alpha value is -4.71. The number of carbonyl (C=O) groups excluding carboxylic acids is 3. The minimum atomic E-state index is -0.918. The molecule has 3 saturated heterocycles. The van der Waals surface area contributed by atoms with Crippen LogP contribution in [0, 0.1) is 17.2 Å². The summed E-state index contributed by atoms with van der Waals surface area (Å²) in [4.78, 5) is 51.3. The molecule has 0 spiro atoms. The molecule has 3 aliphatic heterocycles. The number of carbonyl (C=O) groups is 3. The zero-order chi connectivity index (χ0) is 36.9. The van der Waals surface area contributed by atoms with Crippen LogP contribution in [-0.4, -0.2) is 154 Å². The molecule has 5 aliphatic rings. The SMILES string of the molecule is C[C@@H](CC1(c2nn[nH]n2)c2ccc(C(=O)N3CCN(C)CC3)cc2CCc2cc(C(=O)N3CCN(C)CC3)ccc21)NCC(=O)N1C(C#N)C[C@@H]2C[C@@H]21. The summed E-state index contributed by atoms with van der Waals surface area (Å²) in [6.07, 6.45) is 3.53. The second kappa shape index (κ2) is 14.3. The van der Waals surface area contributed by atoms with Gasteiger partial charge in [-0.25, -0.2) is 0 Å². The van der Waals surface area contributed by atoms with Gasteiger partial charge in [0.25, 0.3) is 11.8 Å². The summed E-state index contributed by atoms with van der Waals surface area (Å²) >= 11 is 0. The molecule has 0 bridgehead atoms. The van der Waals surface area contributed by atoms with E-state index in [-0.39, 0.29) is 42.4 Å². The zero-order valence-electron chi connectivity index (χ0n) is 30.9. The molecule has 3 aromatic rings. The maximum absolute atomic E-state index is 13.8. The Morgan fingerprint density at radius 3 is 1.96 bits per heavy atom. The number of aromatic nitrogens is 4. The average molecular weight is 720 g/mol. The molecule has 2 N–H and O–H groups in total. The molecule has 3 amide bonds. The van der Waals surface area contributed by atoms with E-state index < -0.39 is 5.41 Å². The van der Waals surface area contributed by atoms with Crippen molar-refractivity contribution in [2.45, 2.75) is 62.6 Å². The third-order valence-electron chi connectivity index (χ3n) is 12.4. The lowest BCUT2D eigenvalue weighted by Crippen LogP contribution is -2.47. The number of rotatable bonds is 8. The summed E-state index contributed by atoms with van der Waals surface area (Å²) < 4.78 is 0. The number of aromatic amines is 1. The van der Waals surface area contributed by atoms with Crippen molar-refractivity contribution in [3.63, 3.8) is 0 Å². The molecule has 2 aliphatic carbocycles. The predicted octanol–water partition coefficient (Wildman–Crippen LogP) is 1.29. The maximum atomic E-state index is 13.8. The number of piperidine rings is 1. The topological polar surface area (TPSA) is 158 Å². The summed E-state index contributed by atoms with van der Waals surface area (Å²) in [6.45, 7) is 8.27. The molecule has 1 aromatic heterocycles. The number of nitriles is 1. The third-order valence-corrected chi connectivity index (χ3v) is 12.4. The molecular formula is C39H49N11O3. The first-order valence-corrected chi connectivity index (χ1v) is 19.1. The highest BCUT2D eigenvalue weighted by atomic mass is 16.2. The van der Waals surface area contributed by atoms with Gasteiger partial charge in [0.1, 0.15) is 6.04 Å². The van der Waals surface area contributed by atoms with Crippen LogP contribution in [-0.2, 0) is 23.1 Å². The minimum absolute atomic E-state index is 0.0249. The highest BCUT2D eigenvalue weighted by molar-refractivity contribution is 5.95. The largest absolute Gasteiger partial charge is 0.336 e. The number of benzene rings is 2. The summed E-state index contributed by atoms with van der Waals surface area (Å²) in [5, 5.41) is 29.2. The Morgan fingerprint density at radius 1 is 0.887 bits per heavy atom. The van der Waals surface area contributed by atoms with Gasteiger partial charge in [0.15, 0.2) is 5.82 Å². The Morgan fingerprint density at radius 2 is 1.45 bits per heavy atom. The number of nitrogens with one attached hydrogen (secondary N) is 2. The molecule has 14 nitrogen and oxygen atoms in total. The van der Waals surface area contributed by atoms with Gasteiger partial charge in [-0.05, 0) is 106 Å². The van der Waals surface area contributed by atoms with Crippen molar-refractivity contribution in [1.29, 1.82) is 5.26 Å². The van der Waals surface area contributed by atoms with Crippen LogP contribution in [0.3, 0.4) is 0 Å². The number of tetrazole rings is 1. The minimum Gasteiger partial charge on any atom is -0.336 e. The van der Waals surface area contributed by atoms with E-state index in [1.807, 2.05) is 34.1 Å². The first-order valence-electron chi connectivity index (χ1n) is 19.1. The number of H-pyrrole nitrogens is 1. The first-order chi connectivity index (χ1) is 25.7. The lowest BCUT2D eigenvalue weighted by atomic mass is 9.67. The molecule has 4 fully saturated rings. The smallest absolute Gasteiger partial charge is 0.253 e. The predicted molar refractivity (Wildman–Crippen MR) is 196 cm³/mol. The highest BCUT2D eigenvalue weighted by Gasteiger charge is 2.54. The Kier molecular flexibility index (Phi) is 9.51. The fourth-order valence-corrected chi connectivity index (χ4v) is 9.21. The summed E-state index contributed by atoms with van der Waals surface area (Å²) in [6, 6.07) is 14.0. The average Bonchev–Trinajstić information content (AvgIpc) is 3.55. The van der Waals surface area contributed by atoms with E-state index in [2.05, 4.69) is 75.0 Å². The monoisotopic (exact) mass is 719 g/mol. The lowest BCUT2D eigenvalue weighted by Gasteiger charge is -2.37. The summed E-state index contributed by atoms with van der Waals surface area (Å²) in [7, 11) is 4.15. The Bertz CT molecular complexity index is 1820. The second-order valence-electron chi connectivity index (χ2n) is 15.8. The van der Waals surface area contributed by atoms with Gasteiger partial charge in [0.2, 0.25) is 5.91 Å². The van der Waals surface area contributed by atoms with E-state index in [1.54, 1.807) is 4.90 Å². The van der Waals surface area contributed by atoms with Crippen LogP contribution in [0.15, 0.2) is 36.4 Å². The van der Waals surface area contributed by atoms with Crippen LogP contribution in [0.5, 0.6) is 0 Å². The van der Waals surface area contributed by atoms with Crippen LogP contribution in [0.2, 0.25) is 0 Å². The molecule has 8 rings (SSSR count). The molecular weight excluding hydrogens is 671 g/mol. The second-order valence-corrected chi connectivity index (χ2v) is 15.8. The van der Waals surface area contributed by atoms with Crippen molar-refractivity contribution in [2.24, 2.45) is 5.92 Å². The van der Waals surface area contributed by atoms with E-state index in [1.165, 1.54) is 0 Å². The number of nitrogens with zero attached hydrogens (tertiary/aromatic N) is 9. The molecule has 4 heterocycles. The number of aryl methyl sites for hydroxylation is 2. The fourth-order valence-electron chi connectivity index (χ4n) is 9.21. The van der Waals surface area contributed by atoms with Gasteiger partial charge >= 0.3 is 0 Å². The quantitative estimate of drug-likeness (QED) is 0.348. The summed E-state index contributed by atoms with van der Waals surface area (Å²) in [5.41, 5.74) is 4.40. The molecule has 278 valence electrons. The molecule has 14 heteroatoms. The van der Waals surface area contributed by atoms with Crippen LogP contribution >= 0.6 is 0 Å². The fraction of sp³-hybridized carbons (Fsp3) is 0.564. The number of hydrogen-bond donors (Lipinski definition) is 2. The number of piperazine rings is 2. The zero-order valence-corrected chi connectivity index (χ0v) is 30.9. The van der Waals surface area contributed by atoms with Crippen LogP contribution in [0.4, 0.5) is 0 Å². The van der Waals surface area contributed by atoms with E-state index >= 15 is 0 Å². The molecule has 1 saturated carbocycles. The van der Waals surface area contributed by atoms with Crippen LogP contribution < -0.4 is 5.32 Å². The van der Waals surface area contributed by atoms with E-state index in [0.29, 0.717) is 68.3 Å². The molecule has 2 aromatic carbocycles. The number of amides is 3. The number of fused-ring (bicyclic) bond motifs is 3. The van der Waals surface area contributed by atoms with Gasteiger partial charge in [0.05, 0.1) is 18.0 Å². The Labute approximate surface area is 310 Å². The van der Waals surface area contributed by atoms with Gasteiger partial charge in [-0.2, -0.15) is 10.5 Å². The van der Waals surface area contributed by atoms with E-state index in [4.69, 9.17) is 0 Å². The number of likely N-dealkylation sites (tertiary alicyclic amines) is 1. The summed E-state index contributed by atoms with van der Waals surface area (Å²) in [5.74, 6) is 0.933. The van der Waals surface area contributed by atoms with Crippen molar-refractivity contribution in [2.75, 3.05) is 73.0 Å². The standard InChI is InChI=1S/C39H49N11O3/c1-25(41-24-35(51)50-31(23-40)20-30-21-34(30)50)22-39(38-42-44-45-43-38)32-8-6-28(36(52)48-14-10-46(2)11-15-48)18-26(32)4-5-27-19-29(7-9-33(27)39)37(53)49-16-12-47(3)13-17-49/h6-9,18-19,25,30-31,34,41H,4-5,10-17,20-22,24H2,1-3H3,(H,42,43,44,45)/t25-,30+,31?,34-/m0/s1. The van der Waals surface area contributed by atoms with Gasteiger partial charge in [-0.1, -0.05) is 17.3 Å². The molecule has 1 unspecified atom stereocenters. The Balaban J connectivity index is 1.16. The van der Waals surface area contributed by atoms with Crippen LogP contribution in [0.25, 0.3) is 0 Å². The van der Waals surface area contributed by atoms with Gasteiger partial charge in [0, 0.05) is 75.6 Å². The van der Waals surface area contributed by atoms with Crippen molar-refractivity contribution >= 4 is 17.7 Å². The van der Waals surface area contributed by atoms with Gasteiger partial charge in [-0.15, -0.1) is 10.2 Å². The van der Waals surface area contributed by atoms with Crippen molar-refractivity contribution in [3.05, 3.63) is 75.6 Å². The van der Waals surface area contributed by atoms with Gasteiger partial charge in [-0.3, -0.25) is 14.4 Å². The highest BCUT2D eigenvalue weighted by Crippen LogP contribution is 2.48. The van der Waals surface area contributed by atoms with E-state index in [0.717, 1.165) is 61.3 Å². The molecule has 4 atom stereocenters. The third kappa shape index (κ3) is 6.59. The van der Waals surface area contributed by atoms with Gasteiger partial charge < -0.3 is 29.8 Å². The number of likely N-dealkylation sites (N-methyl/N-ethyl adjacent to an activating group) is 2. The molecule has 53 heavy (non-hydrogen) atoms. The van der Waals surface area contributed by atoms with E-state index in [9.17, 15) is 19.6 Å².